The topological polar surface area (TPSA) is 63.6 Å². The van der Waals surface area contributed by atoms with Crippen LogP contribution in [-0.2, 0) is 16.9 Å². The smallest absolute Gasteiger partial charge is 0.393 e. The maximum Gasteiger partial charge on any atom is 0.488 e. The Morgan fingerprint density at radius 3 is 2.79 bits per heavy atom. The molecule has 132 valence electrons. The van der Waals surface area contributed by atoms with Crippen LogP contribution in [0.3, 0.4) is 0 Å². The van der Waals surface area contributed by atoms with Crippen LogP contribution in [0.5, 0.6) is 5.75 Å². The molecule has 5 atom stereocenters. The third kappa shape index (κ3) is 2.54. The minimum absolute atomic E-state index is 0.0457. The highest BCUT2D eigenvalue weighted by Gasteiger charge is 2.54. The Morgan fingerprint density at radius 2 is 2.04 bits per heavy atom. The number of hydrogen-bond acceptors (Lipinski definition) is 4. The van der Waals surface area contributed by atoms with Crippen molar-refractivity contribution >= 4 is 10.5 Å². The Bertz CT molecular complexity index is 762. The van der Waals surface area contributed by atoms with Gasteiger partial charge in [-0.05, 0) is 85.0 Å². The summed E-state index contributed by atoms with van der Waals surface area (Å²) < 4.78 is 38.5. The summed E-state index contributed by atoms with van der Waals surface area (Å²) in [5.74, 6) is 1.63. The van der Waals surface area contributed by atoms with Gasteiger partial charge < -0.3 is 9.29 Å². The van der Waals surface area contributed by atoms with Crippen LogP contribution in [0.15, 0.2) is 18.2 Å². The molecule has 0 aromatic heterocycles. The lowest BCUT2D eigenvalue weighted by atomic mass is 9.55. The van der Waals surface area contributed by atoms with E-state index in [0.717, 1.165) is 44.1 Å². The van der Waals surface area contributed by atoms with Crippen molar-refractivity contribution in [2.75, 3.05) is 0 Å². The van der Waals surface area contributed by atoms with Crippen molar-refractivity contribution in [1.29, 1.82) is 0 Å². The van der Waals surface area contributed by atoms with Gasteiger partial charge >= 0.3 is 10.5 Å². The number of halogens is 1. The fourth-order valence-electron chi connectivity index (χ4n) is 5.70. The molecule has 4 rings (SSSR count). The fourth-order valence-corrected chi connectivity index (χ4v) is 6.03. The zero-order valence-electron chi connectivity index (χ0n) is 13.7. The van der Waals surface area contributed by atoms with Crippen LogP contribution in [0, 0.1) is 17.3 Å². The first-order valence-electron chi connectivity index (χ1n) is 8.73. The van der Waals surface area contributed by atoms with E-state index in [2.05, 4.69) is 11.1 Å². The van der Waals surface area contributed by atoms with E-state index in [0.29, 0.717) is 17.8 Å². The number of aliphatic hydroxyl groups excluding tert-OH is 1. The Hall–Kier alpha value is -1.14. The standard InChI is InChI=1S/C18H23FO4S/c1-18-9-8-14-13-5-3-12(23-24(19,21)22)10-11(13)2-4-15(14)16(18)6-7-17(18)20/h3,5,10,14-17,20H,2,4,6-9H2,1H3/t14-,15-,16+,17+,18+/m1/s1. The predicted octanol–water partition coefficient (Wildman–Crippen LogP) is 3.50. The summed E-state index contributed by atoms with van der Waals surface area (Å²) in [4.78, 5) is 0. The number of benzene rings is 1. The van der Waals surface area contributed by atoms with E-state index in [1.165, 1.54) is 5.56 Å². The minimum Gasteiger partial charge on any atom is -0.393 e. The molecule has 0 unspecified atom stereocenters. The van der Waals surface area contributed by atoms with Crippen molar-refractivity contribution in [2.24, 2.45) is 17.3 Å². The largest absolute Gasteiger partial charge is 0.488 e. The minimum atomic E-state index is -4.98. The average Bonchev–Trinajstić information content (AvgIpc) is 2.81. The van der Waals surface area contributed by atoms with Gasteiger partial charge in [-0.25, -0.2) is 0 Å². The first-order chi connectivity index (χ1) is 11.3. The fraction of sp³-hybridized carbons (Fsp3) is 0.667. The SMILES string of the molecule is C[C@]12CC[C@@H]3c4ccc(OS(=O)(=O)F)cc4CC[C@H]3[C@@H]1CC[C@@H]2O. The average molecular weight is 354 g/mol. The van der Waals surface area contributed by atoms with E-state index in [1.807, 2.05) is 6.07 Å². The molecule has 3 aliphatic rings. The second-order valence-corrected chi connectivity index (χ2v) is 8.84. The van der Waals surface area contributed by atoms with Crippen LogP contribution < -0.4 is 4.18 Å². The Balaban J connectivity index is 1.63. The zero-order valence-corrected chi connectivity index (χ0v) is 14.6. The van der Waals surface area contributed by atoms with Crippen LogP contribution in [0.25, 0.3) is 0 Å². The summed E-state index contributed by atoms with van der Waals surface area (Å²) in [5, 5.41) is 10.4. The molecule has 0 bridgehead atoms. The monoisotopic (exact) mass is 354 g/mol. The first-order valence-corrected chi connectivity index (χ1v) is 10.0. The van der Waals surface area contributed by atoms with Crippen molar-refractivity contribution in [3.05, 3.63) is 29.3 Å². The van der Waals surface area contributed by atoms with Crippen molar-refractivity contribution in [3.8, 4) is 5.75 Å². The van der Waals surface area contributed by atoms with Crippen LogP contribution in [0.4, 0.5) is 3.89 Å². The lowest BCUT2D eigenvalue weighted by Crippen LogP contribution is -2.43. The molecule has 4 nitrogen and oxygen atoms in total. The molecule has 2 fully saturated rings. The van der Waals surface area contributed by atoms with E-state index in [9.17, 15) is 17.4 Å². The summed E-state index contributed by atoms with van der Waals surface area (Å²) in [6.45, 7) is 2.24. The molecule has 0 saturated heterocycles. The molecule has 0 aliphatic heterocycles. The van der Waals surface area contributed by atoms with E-state index in [-0.39, 0.29) is 17.3 Å². The number of aryl methyl sites for hydroxylation is 1. The quantitative estimate of drug-likeness (QED) is 0.826. The second-order valence-electron chi connectivity index (χ2n) is 7.89. The molecule has 1 aromatic carbocycles. The summed E-state index contributed by atoms with van der Waals surface area (Å²) in [5.41, 5.74) is 2.36. The highest BCUT2D eigenvalue weighted by molar-refractivity contribution is 7.81. The van der Waals surface area contributed by atoms with E-state index in [4.69, 9.17) is 0 Å². The summed E-state index contributed by atoms with van der Waals surface area (Å²) in [6, 6.07) is 5.12. The zero-order chi connectivity index (χ0) is 17.1. The lowest BCUT2D eigenvalue weighted by Gasteiger charge is -2.50. The van der Waals surface area contributed by atoms with E-state index >= 15 is 0 Å². The van der Waals surface area contributed by atoms with Gasteiger partial charge in [0.2, 0.25) is 0 Å². The number of rotatable bonds is 2. The second kappa shape index (κ2) is 5.43. The molecule has 0 heterocycles. The predicted molar refractivity (Wildman–Crippen MR) is 87.7 cm³/mol. The van der Waals surface area contributed by atoms with Crippen molar-refractivity contribution < 1.29 is 21.6 Å². The number of fused-ring (bicyclic) bond motifs is 5. The molecule has 6 heteroatoms. The van der Waals surface area contributed by atoms with Gasteiger partial charge in [0.15, 0.2) is 0 Å². The molecule has 1 N–H and O–H groups in total. The molecule has 24 heavy (non-hydrogen) atoms. The van der Waals surface area contributed by atoms with Gasteiger partial charge in [-0.3, -0.25) is 0 Å². The van der Waals surface area contributed by atoms with Gasteiger partial charge in [-0.1, -0.05) is 16.9 Å². The molecule has 3 aliphatic carbocycles. The van der Waals surface area contributed by atoms with Gasteiger partial charge in [-0.15, -0.1) is 0 Å². The Labute approximate surface area is 142 Å². The molecule has 0 radical (unpaired) electrons. The molecule has 1 aromatic rings. The summed E-state index contributed by atoms with van der Waals surface area (Å²) >= 11 is 0. The Morgan fingerprint density at radius 1 is 1.25 bits per heavy atom. The summed E-state index contributed by atoms with van der Waals surface area (Å²) in [6.07, 6.45) is 5.77. The molecular weight excluding hydrogens is 331 g/mol. The van der Waals surface area contributed by atoms with Crippen LogP contribution >= 0.6 is 0 Å². The van der Waals surface area contributed by atoms with Gasteiger partial charge in [0.1, 0.15) is 5.75 Å². The van der Waals surface area contributed by atoms with Gasteiger partial charge in [0.05, 0.1) is 6.10 Å². The third-order valence-electron chi connectivity index (χ3n) is 6.84. The molecule has 2 saturated carbocycles. The summed E-state index contributed by atoms with van der Waals surface area (Å²) in [7, 11) is -4.98. The van der Waals surface area contributed by atoms with Crippen LogP contribution in [0.2, 0.25) is 0 Å². The highest BCUT2D eigenvalue weighted by Crippen LogP contribution is 2.60. The molecule has 0 amide bonds. The maximum absolute atomic E-state index is 12.7. The highest BCUT2D eigenvalue weighted by atomic mass is 32.3. The van der Waals surface area contributed by atoms with E-state index in [1.54, 1.807) is 12.1 Å². The van der Waals surface area contributed by atoms with E-state index < -0.39 is 10.5 Å². The van der Waals surface area contributed by atoms with Gasteiger partial charge in [0.25, 0.3) is 0 Å². The Kier molecular flexibility index (Phi) is 3.69. The van der Waals surface area contributed by atoms with Crippen molar-refractivity contribution in [1.82, 2.24) is 0 Å². The lowest BCUT2D eigenvalue weighted by molar-refractivity contribution is -0.0226. The van der Waals surface area contributed by atoms with Gasteiger partial charge in [-0.2, -0.15) is 8.42 Å². The maximum atomic E-state index is 12.7. The van der Waals surface area contributed by atoms with Crippen molar-refractivity contribution in [3.63, 3.8) is 0 Å². The van der Waals surface area contributed by atoms with Crippen molar-refractivity contribution in [2.45, 2.75) is 57.5 Å². The normalized spacial score (nSPS) is 38.1. The van der Waals surface area contributed by atoms with Crippen LogP contribution in [-0.4, -0.2) is 19.6 Å². The van der Waals surface area contributed by atoms with Gasteiger partial charge in [0, 0.05) is 0 Å². The third-order valence-corrected chi connectivity index (χ3v) is 7.24. The van der Waals surface area contributed by atoms with Crippen LogP contribution in [0.1, 0.15) is 56.1 Å². The first kappa shape index (κ1) is 16.3. The molecular formula is C18H23FO4S. The number of aliphatic hydroxyl groups is 1. The number of hydrogen-bond donors (Lipinski definition) is 1. The molecule has 0 spiro atoms.